The second-order valence-electron chi connectivity index (χ2n) is 2.67. The van der Waals surface area contributed by atoms with Crippen LogP contribution in [0, 0.1) is 0 Å². The van der Waals surface area contributed by atoms with E-state index < -0.39 is 12.1 Å². The van der Waals surface area contributed by atoms with E-state index in [1.165, 1.54) is 18.0 Å². The van der Waals surface area contributed by atoms with Crippen LogP contribution in [0.5, 0.6) is 0 Å². The number of ether oxygens (including phenoxy) is 1. The summed E-state index contributed by atoms with van der Waals surface area (Å²) in [5.74, 6) is -0.531. The topological polar surface area (TPSA) is 77.2 Å². The van der Waals surface area contributed by atoms with Crippen LogP contribution in [0.3, 0.4) is 0 Å². The number of methoxy groups -OCH3 is 1. The Balaban J connectivity index is 2.69. The first kappa shape index (κ1) is 9.66. The summed E-state index contributed by atoms with van der Waals surface area (Å²) in [6.07, 6.45) is 0.908. The fraction of sp³-hybridized carbons (Fsp3) is 0.571. The lowest BCUT2D eigenvalue weighted by atomic mass is 10.4. The minimum absolute atomic E-state index is 0.142. The highest BCUT2D eigenvalue weighted by Gasteiger charge is 2.10. The number of hydrogen-bond donors (Lipinski definition) is 1. The van der Waals surface area contributed by atoms with Gasteiger partial charge in [-0.3, -0.25) is 0 Å². The first-order valence-corrected chi connectivity index (χ1v) is 3.80. The zero-order valence-electron chi connectivity index (χ0n) is 7.47. The lowest BCUT2D eigenvalue weighted by molar-refractivity contribution is 0.0593. The fourth-order valence-electron chi connectivity index (χ4n) is 0.856. The molecule has 0 aromatic carbocycles. The summed E-state index contributed by atoms with van der Waals surface area (Å²) < 4.78 is 5.82. The second-order valence-corrected chi connectivity index (χ2v) is 2.67. The highest BCUT2D eigenvalue weighted by Crippen LogP contribution is 1.96. The summed E-state index contributed by atoms with van der Waals surface area (Å²) in [5, 5.41) is 16.2. The molecule has 0 bridgehead atoms. The van der Waals surface area contributed by atoms with E-state index in [-0.39, 0.29) is 5.69 Å². The van der Waals surface area contributed by atoms with Gasteiger partial charge >= 0.3 is 5.97 Å². The molecule has 0 radical (unpaired) electrons. The number of aliphatic hydroxyl groups is 1. The molecule has 0 fully saturated rings. The zero-order valence-corrected chi connectivity index (χ0v) is 7.47. The Morgan fingerprint density at radius 2 is 2.54 bits per heavy atom. The smallest absolute Gasteiger partial charge is 0.360 e. The Bertz CT molecular complexity index is 295. The van der Waals surface area contributed by atoms with Gasteiger partial charge in [-0.1, -0.05) is 5.21 Å². The Kier molecular flexibility index (Phi) is 2.97. The van der Waals surface area contributed by atoms with Crippen LogP contribution in [-0.2, 0) is 11.3 Å². The van der Waals surface area contributed by atoms with Crippen molar-refractivity contribution in [1.29, 1.82) is 0 Å². The van der Waals surface area contributed by atoms with Gasteiger partial charge in [-0.25, -0.2) is 9.48 Å². The van der Waals surface area contributed by atoms with Gasteiger partial charge in [0, 0.05) is 0 Å². The van der Waals surface area contributed by atoms with Crippen molar-refractivity contribution < 1.29 is 14.6 Å². The van der Waals surface area contributed by atoms with Crippen LogP contribution in [0.2, 0.25) is 0 Å². The molecule has 13 heavy (non-hydrogen) atoms. The quantitative estimate of drug-likeness (QED) is 0.639. The molecule has 1 aromatic heterocycles. The molecule has 1 heterocycles. The van der Waals surface area contributed by atoms with Crippen molar-refractivity contribution >= 4 is 5.97 Å². The molecule has 1 N–H and O–H groups in total. The van der Waals surface area contributed by atoms with Gasteiger partial charge in [-0.2, -0.15) is 0 Å². The monoisotopic (exact) mass is 185 g/mol. The van der Waals surface area contributed by atoms with Crippen molar-refractivity contribution in [2.75, 3.05) is 7.11 Å². The van der Waals surface area contributed by atoms with Crippen LogP contribution < -0.4 is 0 Å². The molecule has 6 nitrogen and oxygen atoms in total. The SMILES string of the molecule is COC(=O)c1cn(C[C@H](C)O)nn1. The van der Waals surface area contributed by atoms with Gasteiger partial charge in [0.1, 0.15) is 0 Å². The Morgan fingerprint density at radius 3 is 3.08 bits per heavy atom. The lowest BCUT2D eigenvalue weighted by Crippen LogP contribution is -2.12. The van der Waals surface area contributed by atoms with Gasteiger partial charge < -0.3 is 9.84 Å². The van der Waals surface area contributed by atoms with E-state index in [0.717, 1.165) is 0 Å². The van der Waals surface area contributed by atoms with Crippen LogP contribution in [0.15, 0.2) is 6.20 Å². The van der Waals surface area contributed by atoms with Gasteiger partial charge in [0.05, 0.1) is 26.0 Å². The fourth-order valence-corrected chi connectivity index (χ4v) is 0.856. The van der Waals surface area contributed by atoms with Gasteiger partial charge in [0.15, 0.2) is 5.69 Å². The first-order chi connectivity index (χ1) is 6.13. The molecular formula is C7H11N3O3. The molecule has 1 rings (SSSR count). The molecule has 1 atom stereocenters. The number of hydrogen-bond acceptors (Lipinski definition) is 5. The molecule has 0 amide bonds. The van der Waals surface area contributed by atoms with E-state index >= 15 is 0 Å². The highest BCUT2D eigenvalue weighted by atomic mass is 16.5. The van der Waals surface area contributed by atoms with Crippen molar-refractivity contribution in [2.45, 2.75) is 19.6 Å². The van der Waals surface area contributed by atoms with Gasteiger partial charge in [0.2, 0.25) is 0 Å². The number of rotatable bonds is 3. The van der Waals surface area contributed by atoms with Crippen molar-refractivity contribution in [3.05, 3.63) is 11.9 Å². The first-order valence-electron chi connectivity index (χ1n) is 3.80. The van der Waals surface area contributed by atoms with Gasteiger partial charge in [-0.15, -0.1) is 5.10 Å². The average Bonchev–Trinajstić information content (AvgIpc) is 2.50. The second kappa shape index (κ2) is 3.99. The average molecular weight is 185 g/mol. The number of nitrogens with zero attached hydrogens (tertiary/aromatic N) is 3. The standard InChI is InChI=1S/C7H11N3O3/c1-5(11)3-10-4-6(8-9-10)7(12)13-2/h4-5,11H,3H2,1-2H3/t5-/m0/s1. The molecule has 0 aliphatic rings. The van der Waals surface area contributed by atoms with Crippen molar-refractivity contribution in [1.82, 2.24) is 15.0 Å². The summed E-state index contributed by atoms with van der Waals surface area (Å²) in [7, 11) is 1.27. The van der Waals surface area contributed by atoms with E-state index in [1.807, 2.05) is 0 Å². The summed E-state index contributed by atoms with van der Waals surface area (Å²) in [4.78, 5) is 10.9. The van der Waals surface area contributed by atoms with Gasteiger partial charge in [-0.05, 0) is 6.92 Å². The molecular weight excluding hydrogens is 174 g/mol. The molecule has 0 aliphatic carbocycles. The normalized spacial score (nSPS) is 12.5. The van der Waals surface area contributed by atoms with Crippen LogP contribution in [-0.4, -0.2) is 39.3 Å². The predicted octanol–water partition coefficient (Wildman–Crippen LogP) is -0.555. The Morgan fingerprint density at radius 1 is 1.85 bits per heavy atom. The lowest BCUT2D eigenvalue weighted by Gasteiger charge is -2.00. The predicted molar refractivity (Wildman–Crippen MR) is 43.0 cm³/mol. The van der Waals surface area contributed by atoms with Crippen LogP contribution in [0.25, 0.3) is 0 Å². The maximum absolute atomic E-state index is 10.9. The number of aromatic nitrogens is 3. The molecule has 0 saturated heterocycles. The largest absolute Gasteiger partial charge is 0.464 e. The summed E-state index contributed by atoms with van der Waals surface area (Å²) in [6.45, 7) is 1.93. The number of esters is 1. The molecule has 6 heteroatoms. The number of aliphatic hydroxyl groups excluding tert-OH is 1. The molecule has 1 aromatic rings. The van der Waals surface area contributed by atoms with Crippen LogP contribution >= 0.6 is 0 Å². The van der Waals surface area contributed by atoms with Crippen molar-refractivity contribution in [3.63, 3.8) is 0 Å². The third kappa shape index (κ3) is 2.51. The highest BCUT2D eigenvalue weighted by molar-refractivity contribution is 5.86. The number of carbonyl (C=O) groups excluding carboxylic acids is 1. The summed E-state index contributed by atoms with van der Waals surface area (Å²) in [6, 6.07) is 0. The van der Waals surface area contributed by atoms with Crippen LogP contribution in [0.4, 0.5) is 0 Å². The molecule has 72 valence electrons. The molecule has 0 aliphatic heterocycles. The maximum Gasteiger partial charge on any atom is 0.360 e. The molecule has 0 spiro atoms. The third-order valence-electron chi connectivity index (χ3n) is 1.38. The van der Waals surface area contributed by atoms with E-state index in [0.29, 0.717) is 6.54 Å². The van der Waals surface area contributed by atoms with Gasteiger partial charge in [0.25, 0.3) is 0 Å². The van der Waals surface area contributed by atoms with E-state index in [1.54, 1.807) is 6.92 Å². The molecule has 0 unspecified atom stereocenters. The Labute approximate surface area is 75.1 Å². The van der Waals surface area contributed by atoms with E-state index in [2.05, 4.69) is 15.0 Å². The summed E-state index contributed by atoms with van der Waals surface area (Å²) >= 11 is 0. The van der Waals surface area contributed by atoms with E-state index in [4.69, 9.17) is 5.11 Å². The zero-order chi connectivity index (χ0) is 9.84. The van der Waals surface area contributed by atoms with Crippen LogP contribution in [0.1, 0.15) is 17.4 Å². The van der Waals surface area contributed by atoms with E-state index in [9.17, 15) is 4.79 Å². The minimum atomic E-state index is -0.531. The van der Waals surface area contributed by atoms with Crippen molar-refractivity contribution in [3.8, 4) is 0 Å². The Hall–Kier alpha value is -1.43. The minimum Gasteiger partial charge on any atom is -0.464 e. The van der Waals surface area contributed by atoms with Crippen molar-refractivity contribution in [2.24, 2.45) is 0 Å². The maximum atomic E-state index is 10.9. The summed E-state index contributed by atoms with van der Waals surface area (Å²) in [5.41, 5.74) is 0.142. The number of carbonyl (C=O) groups is 1. The third-order valence-corrected chi connectivity index (χ3v) is 1.38. The molecule has 0 saturated carbocycles.